The molecule has 2 fully saturated rings. The third-order valence-corrected chi connectivity index (χ3v) is 5.62. The lowest BCUT2D eigenvalue weighted by atomic mass is 9.75. The summed E-state index contributed by atoms with van der Waals surface area (Å²) in [4.78, 5) is 2.75. The summed E-state index contributed by atoms with van der Waals surface area (Å²) in [6, 6.07) is 0.714. The van der Waals surface area contributed by atoms with E-state index in [2.05, 4.69) is 44.8 Å². The number of hydrogen-bond donors (Lipinski definition) is 1. The van der Waals surface area contributed by atoms with Crippen LogP contribution < -0.4 is 5.32 Å². The van der Waals surface area contributed by atoms with Crippen molar-refractivity contribution < 1.29 is 0 Å². The van der Waals surface area contributed by atoms with Crippen LogP contribution in [0.3, 0.4) is 0 Å². The van der Waals surface area contributed by atoms with Crippen LogP contribution in [0.5, 0.6) is 0 Å². The van der Waals surface area contributed by atoms with Crippen LogP contribution in [0, 0.1) is 16.7 Å². The van der Waals surface area contributed by atoms with Crippen molar-refractivity contribution >= 4 is 0 Å². The monoisotopic (exact) mass is 280 g/mol. The predicted molar refractivity (Wildman–Crippen MR) is 88.0 cm³/mol. The Balaban J connectivity index is 1.91. The highest BCUT2D eigenvalue weighted by molar-refractivity contribution is 4.91. The Kier molecular flexibility index (Phi) is 5.18. The second-order valence-electron chi connectivity index (χ2n) is 8.93. The van der Waals surface area contributed by atoms with Crippen molar-refractivity contribution in [1.82, 2.24) is 10.2 Å². The third-order valence-electron chi connectivity index (χ3n) is 5.62. The van der Waals surface area contributed by atoms with Crippen LogP contribution in [0.1, 0.15) is 66.7 Å². The molecule has 2 heteroatoms. The van der Waals surface area contributed by atoms with E-state index in [-0.39, 0.29) is 0 Å². The maximum atomic E-state index is 3.76. The minimum absolute atomic E-state index is 0.403. The second-order valence-corrected chi connectivity index (χ2v) is 8.93. The van der Waals surface area contributed by atoms with E-state index in [1.54, 1.807) is 0 Å². The molecule has 2 rings (SSSR count). The molecule has 2 nitrogen and oxygen atoms in total. The molecule has 0 radical (unpaired) electrons. The van der Waals surface area contributed by atoms with Gasteiger partial charge in [-0.15, -0.1) is 0 Å². The first-order valence-electron chi connectivity index (χ1n) is 8.75. The quantitative estimate of drug-likeness (QED) is 0.843. The van der Waals surface area contributed by atoms with Crippen molar-refractivity contribution in [2.45, 2.75) is 72.8 Å². The van der Waals surface area contributed by atoms with Crippen LogP contribution >= 0.6 is 0 Å². The number of nitrogens with one attached hydrogen (secondary N) is 1. The molecule has 0 aromatic heterocycles. The molecule has 0 amide bonds. The number of nitrogens with zero attached hydrogens (tertiary/aromatic N) is 1. The largest absolute Gasteiger partial charge is 0.313 e. The summed E-state index contributed by atoms with van der Waals surface area (Å²) in [6.45, 7) is 17.3. The third kappa shape index (κ3) is 4.21. The van der Waals surface area contributed by atoms with Crippen molar-refractivity contribution in [3.05, 3.63) is 0 Å². The van der Waals surface area contributed by atoms with E-state index < -0.39 is 0 Å². The zero-order valence-electron chi connectivity index (χ0n) is 14.5. The van der Waals surface area contributed by atoms with Crippen LogP contribution in [-0.2, 0) is 0 Å². The molecule has 0 aromatic rings. The van der Waals surface area contributed by atoms with E-state index in [4.69, 9.17) is 0 Å². The summed E-state index contributed by atoms with van der Waals surface area (Å²) >= 11 is 0. The minimum Gasteiger partial charge on any atom is -0.313 e. The molecule has 1 N–H and O–H groups in total. The molecule has 2 atom stereocenters. The predicted octanol–water partition coefficient (Wildman–Crippen LogP) is 3.91. The van der Waals surface area contributed by atoms with Gasteiger partial charge >= 0.3 is 0 Å². The lowest BCUT2D eigenvalue weighted by Crippen LogP contribution is -2.52. The summed E-state index contributed by atoms with van der Waals surface area (Å²) in [6.07, 6.45) is 6.94. The number of piperidine rings is 2. The fraction of sp³-hybridized carbons (Fsp3) is 1.00. The van der Waals surface area contributed by atoms with Gasteiger partial charge < -0.3 is 10.2 Å². The first-order chi connectivity index (χ1) is 9.29. The van der Waals surface area contributed by atoms with Gasteiger partial charge in [-0.25, -0.2) is 0 Å². The van der Waals surface area contributed by atoms with Gasteiger partial charge in [-0.05, 0) is 55.5 Å². The summed E-state index contributed by atoms with van der Waals surface area (Å²) in [5.74, 6) is 0.867. The molecular formula is C18H36N2. The smallest absolute Gasteiger partial charge is 0.0130 e. The summed E-state index contributed by atoms with van der Waals surface area (Å²) in [5.41, 5.74) is 0.867. The summed E-state index contributed by atoms with van der Waals surface area (Å²) < 4.78 is 0. The summed E-state index contributed by atoms with van der Waals surface area (Å²) in [7, 11) is 0. The van der Waals surface area contributed by atoms with Gasteiger partial charge in [0.1, 0.15) is 0 Å². The SMILES string of the molecule is CC(C)(C)C1CCCN(CC(C)(C)C2CCCCN2)C1. The van der Waals surface area contributed by atoms with E-state index in [0.29, 0.717) is 16.9 Å². The molecule has 2 unspecified atom stereocenters. The van der Waals surface area contributed by atoms with Gasteiger partial charge in [0.05, 0.1) is 0 Å². The molecule has 0 aliphatic carbocycles. The molecule has 118 valence electrons. The van der Waals surface area contributed by atoms with E-state index in [0.717, 1.165) is 5.92 Å². The van der Waals surface area contributed by atoms with Gasteiger partial charge in [0.2, 0.25) is 0 Å². The lowest BCUT2D eigenvalue weighted by Gasteiger charge is -2.45. The second kappa shape index (κ2) is 6.36. The highest BCUT2D eigenvalue weighted by Crippen LogP contribution is 2.35. The van der Waals surface area contributed by atoms with E-state index >= 15 is 0 Å². The van der Waals surface area contributed by atoms with E-state index in [1.165, 1.54) is 58.3 Å². The van der Waals surface area contributed by atoms with E-state index in [9.17, 15) is 0 Å². The molecule has 2 aliphatic rings. The molecule has 0 bridgehead atoms. The topological polar surface area (TPSA) is 15.3 Å². The first-order valence-corrected chi connectivity index (χ1v) is 8.75. The van der Waals surface area contributed by atoms with Gasteiger partial charge in [0, 0.05) is 19.1 Å². The van der Waals surface area contributed by atoms with Crippen molar-refractivity contribution in [3.8, 4) is 0 Å². The lowest BCUT2D eigenvalue weighted by molar-refractivity contribution is 0.0543. The van der Waals surface area contributed by atoms with Crippen LogP contribution in [0.25, 0.3) is 0 Å². The maximum absolute atomic E-state index is 3.76. The van der Waals surface area contributed by atoms with E-state index in [1.807, 2.05) is 0 Å². The van der Waals surface area contributed by atoms with Crippen LogP contribution in [0.2, 0.25) is 0 Å². The highest BCUT2D eigenvalue weighted by Gasteiger charge is 2.35. The standard InChI is InChI=1S/C18H36N2/c1-17(2,3)15-9-8-12-20(13-15)14-18(4,5)16-10-6-7-11-19-16/h15-16,19H,6-14H2,1-5H3. The zero-order chi connectivity index (χ0) is 14.8. The Morgan fingerprint density at radius 2 is 1.75 bits per heavy atom. The normalized spacial score (nSPS) is 30.4. The van der Waals surface area contributed by atoms with Gasteiger partial charge in [-0.1, -0.05) is 41.0 Å². The Hall–Kier alpha value is -0.0800. The number of hydrogen-bond acceptors (Lipinski definition) is 2. The fourth-order valence-electron chi connectivity index (χ4n) is 4.11. The molecular weight excluding hydrogens is 244 g/mol. The Labute approximate surface area is 126 Å². The van der Waals surface area contributed by atoms with Gasteiger partial charge in [-0.3, -0.25) is 0 Å². The Bertz CT molecular complexity index is 297. The van der Waals surface area contributed by atoms with Crippen molar-refractivity contribution in [3.63, 3.8) is 0 Å². The Morgan fingerprint density at radius 1 is 1.00 bits per heavy atom. The minimum atomic E-state index is 0.403. The first kappa shape index (κ1) is 16.3. The average Bonchev–Trinajstić information content (AvgIpc) is 2.38. The van der Waals surface area contributed by atoms with Crippen LogP contribution in [0.4, 0.5) is 0 Å². The molecule has 20 heavy (non-hydrogen) atoms. The maximum Gasteiger partial charge on any atom is 0.0130 e. The molecule has 2 heterocycles. The molecule has 0 spiro atoms. The summed E-state index contributed by atoms with van der Waals surface area (Å²) in [5, 5.41) is 3.76. The zero-order valence-corrected chi connectivity index (χ0v) is 14.5. The van der Waals surface area contributed by atoms with Crippen LogP contribution in [-0.4, -0.2) is 37.1 Å². The molecule has 0 aromatic carbocycles. The van der Waals surface area contributed by atoms with Crippen molar-refractivity contribution in [1.29, 1.82) is 0 Å². The molecule has 2 saturated heterocycles. The van der Waals surface area contributed by atoms with Gasteiger partial charge in [-0.2, -0.15) is 0 Å². The Morgan fingerprint density at radius 3 is 2.35 bits per heavy atom. The molecule has 2 aliphatic heterocycles. The number of rotatable bonds is 3. The average molecular weight is 280 g/mol. The highest BCUT2D eigenvalue weighted by atomic mass is 15.1. The van der Waals surface area contributed by atoms with Gasteiger partial charge in [0.25, 0.3) is 0 Å². The van der Waals surface area contributed by atoms with Crippen molar-refractivity contribution in [2.24, 2.45) is 16.7 Å². The van der Waals surface area contributed by atoms with Crippen LogP contribution in [0.15, 0.2) is 0 Å². The van der Waals surface area contributed by atoms with Gasteiger partial charge in [0.15, 0.2) is 0 Å². The molecule has 0 saturated carbocycles. The number of likely N-dealkylation sites (tertiary alicyclic amines) is 1. The fourth-order valence-corrected chi connectivity index (χ4v) is 4.11. The van der Waals surface area contributed by atoms with Crippen molar-refractivity contribution in [2.75, 3.05) is 26.2 Å².